The molecule has 9 rings (SSSR count). The van der Waals surface area contributed by atoms with E-state index in [1.807, 2.05) is 0 Å². The van der Waals surface area contributed by atoms with Crippen LogP contribution in [0.2, 0.25) is 0 Å². The van der Waals surface area contributed by atoms with E-state index in [1.54, 1.807) is 0 Å². The highest BCUT2D eigenvalue weighted by Gasteiger charge is 2.23. The van der Waals surface area contributed by atoms with Gasteiger partial charge >= 0.3 is 0 Å². The van der Waals surface area contributed by atoms with Crippen LogP contribution in [-0.2, 0) is 0 Å². The second-order valence-corrected chi connectivity index (χ2v) is 12.1. The van der Waals surface area contributed by atoms with Crippen molar-refractivity contribution in [3.63, 3.8) is 0 Å². The fourth-order valence-electron chi connectivity index (χ4n) is 7.26. The normalized spacial score (nSPS) is 11.4. The SMILES string of the molecule is c1ccc(-c2cccc(N(c3ccc4ccccc4c3-c3cccc4ccccc34)c3cc4ccccc4c4ccccc34)c2)cc1. The van der Waals surface area contributed by atoms with E-state index in [0.29, 0.717) is 0 Å². The molecule has 1 heteroatoms. The molecule has 47 heavy (non-hydrogen) atoms. The van der Waals surface area contributed by atoms with Gasteiger partial charge in [-0.05, 0) is 78.7 Å². The van der Waals surface area contributed by atoms with Gasteiger partial charge in [0, 0.05) is 16.6 Å². The molecule has 0 fully saturated rings. The van der Waals surface area contributed by atoms with Crippen molar-refractivity contribution in [3.05, 3.63) is 188 Å². The number of anilines is 3. The minimum absolute atomic E-state index is 1.11. The van der Waals surface area contributed by atoms with Crippen molar-refractivity contribution in [3.8, 4) is 22.3 Å². The van der Waals surface area contributed by atoms with Crippen molar-refractivity contribution in [1.82, 2.24) is 0 Å². The maximum Gasteiger partial charge on any atom is 0.0546 e. The molecule has 0 saturated heterocycles. The first-order chi connectivity index (χ1) is 23.3. The molecule has 0 heterocycles. The zero-order valence-electron chi connectivity index (χ0n) is 25.8. The first-order valence-electron chi connectivity index (χ1n) is 16.2. The Morgan fingerprint density at radius 3 is 1.68 bits per heavy atom. The maximum absolute atomic E-state index is 2.49. The summed E-state index contributed by atoms with van der Waals surface area (Å²) in [5.41, 5.74) is 8.25. The Morgan fingerprint density at radius 1 is 0.298 bits per heavy atom. The molecule has 0 unspecified atom stereocenters. The molecule has 0 atom stereocenters. The molecule has 0 amide bonds. The van der Waals surface area contributed by atoms with Crippen LogP contribution in [0.1, 0.15) is 0 Å². The molecular weight excluding hydrogens is 567 g/mol. The number of benzene rings is 9. The van der Waals surface area contributed by atoms with Gasteiger partial charge in [0.15, 0.2) is 0 Å². The van der Waals surface area contributed by atoms with E-state index in [0.717, 1.165) is 17.1 Å². The summed E-state index contributed by atoms with van der Waals surface area (Å²) in [6.07, 6.45) is 0. The number of rotatable bonds is 5. The summed E-state index contributed by atoms with van der Waals surface area (Å²) in [6.45, 7) is 0. The predicted octanol–water partition coefficient (Wildman–Crippen LogP) is 13.1. The van der Waals surface area contributed by atoms with Crippen LogP contribution in [0.25, 0.3) is 65.3 Å². The molecule has 0 radical (unpaired) electrons. The van der Waals surface area contributed by atoms with Gasteiger partial charge in [-0.25, -0.2) is 0 Å². The second-order valence-electron chi connectivity index (χ2n) is 12.1. The fourth-order valence-corrected chi connectivity index (χ4v) is 7.26. The van der Waals surface area contributed by atoms with E-state index in [9.17, 15) is 0 Å². The Kier molecular flexibility index (Phi) is 6.54. The number of hydrogen-bond donors (Lipinski definition) is 0. The largest absolute Gasteiger partial charge is 0.309 e. The van der Waals surface area contributed by atoms with Crippen molar-refractivity contribution in [2.45, 2.75) is 0 Å². The standard InChI is InChI=1S/C46H31N/c1-2-14-32(15-3-1)35-20-12-21-37(30-35)47(45-31-36-18-6-8-23-39(36)41-25-10-11-26-42(41)45)44-29-28-34-17-5-9-24-40(34)46(44)43-27-13-19-33-16-4-7-22-38(33)43/h1-31H. The minimum atomic E-state index is 1.11. The zero-order valence-corrected chi connectivity index (χ0v) is 25.8. The van der Waals surface area contributed by atoms with E-state index < -0.39 is 0 Å². The second kappa shape index (κ2) is 11.3. The van der Waals surface area contributed by atoms with Crippen LogP contribution in [0.4, 0.5) is 17.1 Å². The fraction of sp³-hybridized carbons (Fsp3) is 0. The molecule has 0 aliphatic rings. The molecular formula is C46H31N. The summed E-state index contributed by atoms with van der Waals surface area (Å²) >= 11 is 0. The summed E-state index contributed by atoms with van der Waals surface area (Å²) in [6, 6.07) is 68.4. The van der Waals surface area contributed by atoms with Crippen LogP contribution in [0.15, 0.2) is 188 Å². The summed E-state index contributed by atoms with van der Waals surface area (Å²) in [7, 11) is 0. The molecule has 1 nitrogen and oxygen atoms in total. The van der Waals surface area contributed by atoms with Crippen LogP contribution < -0.4 is 4.90 Å². The molecule has 9 aromatic carbocycles. The lowest BCUT2D eigenvalue weighted by Gasteiger charge is -2.31. The molecule has 0 bridgehead atoms. The highest BCUT2D eigenvalue weighted by Crippen LogP contribution is 2.49. The Bertz CT molecular complexity index is 2580. The molecule has 220 valence electrons. The molecule has 0 aliphatic carbocycles. The third-order valence-electron chi connectivity index (χ3n) is 9.41. The summed E-state index contributed by atoms with van der Waals surface area (Å²) < 4.78 is 0. The lowest BCUT2D eigenvalue weighted by atomic mass is 9.91. The Morgan fingerprint density at radius 2 is 0.872 bits per heavy atom. The molecule has 0 aliphatic heterocycles. The number of nitrogens with zero attached hydrogens (tertiary/aromatic N) is 1. The van der Waals surface area contributed by atoms with E-state index in [2.05, 4.69) is 193 Å². The minimum Gasteiger partial charge on any atom is -0.309 e. The number of hydrogen-bond acceptors (Lipinski definition) is 1. The maximum atomic E-state index is 2.49. The first kappa shape index (κ1) is 27.2. The van der Waals surface area contributed by atoms with Crippen molar-refractivity contribution in [2.75, 3.05) is 4.90 Å². The molecule has 0 spiro atoms. The van der Waals surface area contributed by atoms with Crippen molar-refractivity contribution < 1.29 is 0 Å². The van der Waals surface area contributed by atoms with Crippen molar-refractivity contribution in [2.24, 2.45) is 0 Å². The molecule has 0 aromatic heterocycles. The van der Waals surface area contributed by atoms with Gasteiger partial charge in [0.1, 0.15) is 0 Å². The average Bonchev–Trinajstić information content (AvgIpc) is 3.15. The first-order valence-corrected chi connectivity index (χ1v) is 16.2. The van der Waals surface area contributed by atoms with E-state index in [-0.39, 0.29) is 0 Å². The van der Waals surface area contributed by atoms with Crippen molar-refractivity contribution in [1.29, 1.82) is 0 Å². The number of fused-ring (bicyclic) bond motifs is 5. The van der Waals surface area contributed by atoms with E-state index in [4.69, 9.17) is 0 Å². The van der Waals surface area contributed by atoms with Crippen LogP contribution >= 0.6 is 0 Å². The van der Waals surface area contributed by atoms with Gasteiger partial charge in [0.25, 0.3) is 0 Å². The topological polar surface area (TPSA) is 3.24 Å². The van der Waals surface area contributed by atoms with Crippen LogP contribution in [0.3, 0.4) is 0 Å². The van der Waals surface area contributed by atoms with E-state index >= 15 is 0 Å². The van der Waals surface area contributed by atoms with Gasteiger partial charge in [0.05, 0.1) is 11.4 Å². The summed E-state index contributed by atoms with van der Waals surface area (Å²) in [4.78, 5) is 2.49. The third-order valence-corrected chi connectivity index (χ3v) is 9.41. The summed E-state index contributed by atoms with van der Waals surface area (Å²) in [5.74, 6) is 0. The Balaban J connectivity index is 1.42. The van der Waals surface area contributed by atoms with Crippen LogP contribution in [0.5, 0.6) is 0 Å². The van der Waals surface area contributed by atoms with Gasteiger partial charge in [-0.15, -0.1) is 0 Å². The molecule has 0 N–H and O–H groups in total. The Labute approximate surface area is 274 Å². The lowest BCUT2D eigenvalue weighted by molar-refractivity contribution is 1.31. The zero-order chi connectivity index (χ0) is 31.2. The van der Waals surface area contributed by atoms with Gasteiger partial charge in [-0.2, -0.15) is 0 Å². The molecule has 9 aromatic rings. The highest BCUT2D eigenvalue weighted by molar-refractivity contribution is 6.17. The van der Waals surface area contributed by atoms with Crippen LogP contribution in [0, 0.1) is 0 Å². The van der Waals surface area contributed by atoms with E-state index in [1.165, 1.54) is 65.3 Å². The highest BCUT2D eigenvalue weighted by atomic mass is 15.1. The van der Waals surface area contributed by atoms with Crippen LogP contribution in [-0.4, -0.2) is 0 Å². The third kappa shape index (κ3) is 4.64. The average molecular weight is 598 g/mol. The van der Waals surface area contributed by atoms with Gasteiger partial charge in [0.2, 0.25) is 0 Å². The van der Waals surface area contributed by atoms with Gasteiger partial charge < -0.3 is 4.90 Å². The van der Waals surface area contributed by atoms with Gasteiger partial charge in [-0.3, -0.25) is 0 Å². The lowest BCUT2D eigenvalue weighted by Crippen LogP contribution is -2.12. The quantitative estimate of drug-likeness (QED) is 0.178. The predicted molar refractivity (Wildman–Crippen MR) is 202 cm³/mol. The Hall–Kier alpha value is -6.18. The monoisotopic (exact) mass is 597 g/mol. The van der Waals surface area contributed by atoms with Crippen molar-refractivity contribution >= 4 is 60.2 Å². The smallest absolute Gasteiger partial charge is 0.0546 e. The summed E-state index contributed by atoms with van der Waals surface area (Å²) in [5, 5.41) is 9.88. The molecule has 0 saturated carbocycles. The van der Waals surface area contributed by atoms with Gasteiger partial charge in [-0.1, -0.05) is 164 Å².